The maximum atomic E-state index is 13.0. The van der Waals surface area contributed by atoms with Crippen molar-refractivity contribution in [2.45, 2.75) is 19.0 Å². The van der Waals surface area contributed by atoms with E-state index in [0.29, 0.717) is 24.4 Å². The molecule has 9 nitrogen and oxygen atoms in total. The summed E-state index contributed by atoms with van der Waals surface area (Å²) in [6.07, 6.45) is 5.04. The molecule has 0 bridgehead atoms. The van der Waals surface area contributed by atoms with Crippen LogP contribution in [0.3, 0.4) is 0 Å². The predicted octanol–water partition coefficient (Wildman–Crippen LogP) is 0.750. The zero-order valence-electron chi connectivity index (χ0n) is 14.3. The van der Waals surface area contributed by atoms with Crippen molar-refractivity contribution in [1.29, 1.82) is 0 Å². The normalized spacial score (nSPS) is 20.7. The van der Waals surface area contributed by atoms with Gasteiger partial charge >= 0.3 is 0 Å². The predicted molar refractivity (Wildman–Crippen MR) is 89.0 cm³/mol. The van der Waals surface area contributed by atoms with Crippen molar-refractivity contribution >= 4 is 17.0 Å². The number of likely N-dealkylation sites (tertiary alicyclic amines) is 1. The van der Waals surface area contributed by atoms with Gasteiger partial charge in [0, 0.05) is 25.5 Å². The molecule has 130 valence electrons. The van der Waals surface area contributed by atoms with Crippen molar-refractivity contribution in [1.82, 2.24) is 34.9 Å². The van der Waals surface area contributed by atoms with Crippen LogP contribution in [0.5, 0.6) is 0 Å². The van der Waals surface area contributed by atoms with Crippen LogP contribution in [0.25, 0.3) is 11.1 Å². The molecule has 0 radical (unpaired) electrons. The first-order valence-corrected chi connectivity index (χ1v) is 8.08. The highest BCUT2D eigenvalue weighted by molar-refractivity contribution is 5.97. The number of hydrogen-bond acceptors (Lipinski definition) is 7. The van der Waals surface area contributed by atoms with Crippen molar-refractivity contribution in [2.75, 3.05) is 27.2 Å². The number of fused-ring (bicyclic) bond motifs is 1. The third-order valence-corrected chi connectivity index (χ3v) is 4.75. The van der Waals surface area contributed by atoms with Crippen LogP contribution in [0.4, 0.5) is 0 Å². The molecule has 0 spiro atoms. The molecule has 1 aliphatic heterocycles. The van der Waals surface area contributed by atoms with Gasteiger partial charge in [-0.3, -0.25) is 4.79 Å². The number of rotatable bonds is 3. The molecule has 1 aliphatic rings. The molecule has 0 unspecified atom stereocenters. The van der Waals surface area contributed by atoms with Crippen LogP contribution in [-0.4, -0.2) is 74.1 Å². The zero-order valence-corrected chi connectivity index (χ0v) is 14.3. The van der Waals surface area contributed by atoms with Crippen LogP contribution in [0, 0.1) is 6.92 Å². The van der Waals surface area contributed by atoms with Crippen molar-refractivity contribution in [2.24, 2.45) is 0 Å². The summed E-state index contributed by atoms with van der Waals surface area (Å²) in [7, 11) is 4.02. The lowest BCUT2D eigenvalue weighted by molar-refractivity contribution is 0.0781. The minimum absolute atomic E-state index is 0.0514. The van der Waals surface area contributed by atoms with Crippen molar-refractivity contribution in [3.63, 3.8) is 0 Å². The molecule has 0 aromatic carbocycles. The quantitative estimate of drug-likeness (QED) is 0.694. The summed E-state index contributed by atoms with van der Waals surface area (Å²) in [4.78, 5) is 21.1. The second-order valence-electron chi connectivity index (χ2n) is 6.54. The second kappa shape index (κ2) is 5.92. The van der Waals surface area contributed by atoms with E-state index in [0.717, 1.165) is 11.1 Å². The smallest absolute Gasteiger partial charge is 0.257 e. The Morgan fingerprint density at radius 1 is 1.36 bits per heavy atom. The fourth-order valence-electron chi connectivity index (χ4n) is 3.34. The Hall–Kier alpha value is -2.81. The number of hydrogen-bond donors (Lipinski definition) is 0. The summed E-state index contributed by atoms with van der Waals surface area (Å²) in [5, 5.41) is 12.7. The molecule has 3 aromatic rings. The lowest BCUT2D eigenvalue weighted by atomic mass is 10.1. The van der Waals surface area contributed by atoms with Gasteiger partial charge < -0.3 is 14.3 Å². The third kappa shape index (κ3) is 2.66. The largest absolute Gasteiger partial charge is 0.336 e. The average Bonchev–Trinajstić information content (AvgIpc) is 3.33. The molecule has 0 aliphatic carbocycles. The number of likely N-dealkylation sites (N-methyl/N-ethyl adjacent to an activating group) is 1. The molecule has 2 atom stereocenters. The molecule has 9 heteroatoms. The van der Waals surface area contributed by atoms with E-state index in [2.05, 4.69) is 25.4 Å². The number of aromatic nitrogens is 5. The van der Waals surface area contributed by atoms with Crippen molar-refractivity contribution in [3.8, 4) is 0 Å². The molecule has 1 amide bonds. The molecular formula is C16H19N7O2. The Balaban J connectivity index is 1.62. The fraction of sp³-hybridized carbons (Fsp3) is 0.438. The number of carbonyl (C=O) groups is 1. The van der Waals surface area contributed by atoms with Gasteiger partial charge in [0.1, 0.15) is 0 Å². The van der Waals surface area contributed by atoms with Crippen LogP contribution >= 0.6 is 0 Å². The molecule has 0 N–H and O–H groups in total. The van der Waals surface area contributed by atoms with E-state index in [1.807, 2.05) is 36.8 Å². The molecule has 0 saturated carbocycles. The Bertz CT molecular complexity index is 902. The van der Waals surface area contributed by atoms with Crippen molar-refractivity contribution < 1.29 is 9.32 Å². The lowest BCUT2D eigenvalue weighted by Gasteiger charge is -2.24. The highest BCUT2D eigenvalue weighted by Gasteiger charge is 2.38. The van der Waals surface area contributed by atoms with Gasteiger partial charge in [0.25, 0.3) is 11.6 Å². The molecule has 25 heavy (non-hydrogen) atoms. The summed E-state index contributed by atoms with van der Waals surface area (Å²) < 4.78 is 6.94. The zero-order chi connectivity index (χ0) is 17.6. The maximum absolute atomic E-state index is 13.0. The maximum Gasteiger partial charge on any atom is 0.257 e. The summed E-state index contributed by atoms with van der Waals surface area (Å²) >= 11 is 0. The summed E-state index contributed by atoms with van der Waals surface area (Å²) in [6.45, 7) is 3.03. The van der Waals surface area contributed by atoms with Crippen LogP contribution in [0.15, 0.2) is 29.2 Å². The van der Waals surface area contributed by atoms with Gasteiger partial charge in [-0.05, 0) is 27.1 Å². The summed E-state index contributed by atoms with van der Waals surface area (Å²) in [5.41, 5.74) is 1.71. The Morgan fingerprint density at radius 3 is 2.92 bits per heavy atom. The van der Waals surface area contributed by atoms with E-state index in [1.165, 1.54) is 0 Å². The standard InChI is InChI=1S/C16H19N7O2/c1-10-12-6-11(7-17-15(12)25-19-10)16(24)22-8-13(21(2)3)14(9-22)23-5-4-18-20-23/h4-7,13-14H,8-9H2,1-3H3/t13-,14+/m1/s1. The topological polar surface area (TPSA) is 93.2 Å². The van der Waals surface area contributed by atoms with Crippen LogP contribution in [0.1, 0.15) is 22.1 Å². The molecular weight excluding hydrogens is 322 g/mol. The van der Waals surface area contributed by atoms with Gasteiger partial charge in [0.15, 0.2) is 0 Å². The van der Waals surface area contributed by atoms with E-state index >= 15 is 0 Å². The fourth-order valence-corrected chi connectivity index (χ4v) is 3.34. The summed E-state index contributed by atoms with van der Waals surface area (Å²) in [5.74, 6) is -0.0514. The lowest BCUT2D eigenvalue weighted by Crippen LogP contribution is -2.37. The first kappa shape index (κ1) is 15.7. The molecule has 3 aromatic heterocycles. The van der Waals surface area contributed by atoms with Crippen LogP contribution in [0.2, 0.25) is 0 Å². The highest BCUT2D eigenvalue weighted by atomic mass is 16.5. The Kier molecular flexibility index (Phi) is 3.72. The first-order valence-electron chi connectivity index (χ1n) is 8.08. The minimum atomic E-state index is -0.0514. The monoisotopic (exact) mass is 341 g/mol. The van der Waals surface area contributed by atoms with Crippen LogP contribution < -0.4 is 0 Å². The van der Waals surface area contributed by atoms with Gasteiger partial charge in [0.2, 0.25) is 0 Å². The van der Waals surface area contributed by atoms with Gasteiger partial charge in [-0.15, -0.1) is 5.10 Å². The number of carbonyl (C=O) groups excluding carboxylic acids is 1. The van der Waals surface area contributed by atoms with Gasteiger partial charge in [-0.2, -0.15) is 0 Å². The molecule has 1 fully saturated rings. The third-order valence-electron chi connectivity index (χ3n) is 4.75. The Labute approximate surface area is 144 Å². The van der Waals surface area contributed by atoms with E-state index in [-0.39, 0.29) is 18.0 Å². The van der Waals surface area contributed by atoms with E-state index < -0.39 is 0 Å². The van der Waals surface area contributed by atoms with Gasteiger partial charge in [-0.1, -0.05) is 10.4 Å². The average molecular weight is 341 g/mol. The molecule has 4 heterocycles. The number of nitrogens with zero attached hydrogens (tertiary/aromatic N) is 7. The van der Waals surface area contributed by atoms with E-state index in [1.54, 1.807) is 18.5 Å². The van der Waals surface area contributed by atoms with Crippen molar-refractivity contribution in [3.05, 3.63) is 35.9 Å². The number of aryl methyl sites for hydroxylation is 1. The number of pyridine rings is 1. The van der Waals surface area contributed by atoms with Crippen LogP contribution in [-0.2, 0) is 0 Å². The minimum Gasteiger partial charge on any atom is -0.336 e. The highest BCUT2D eigenvalue weighted by Crippen LogP contribution is 2.26. The summed E-state index contributed by atoms with van der Waals surface area (Å²) in [6, 6.07) is 2.03. The van der Waals surface area contributed by atoms with E-state index in [9.17, 15) is 4.79 Å². The van der Waals surface area contributed by atoms with Gasteiger partial charge in [0.05, 0.1) is 34.9 Å². The number of amides is 1. The van der Waals surface area contributed by atoms with E-state index in [4.69, 9.17) is 4.52 Å². The Morgan fingerprint density at radius 2 is 2.20 bits per heavy atom. The first-order chi connectivity index (χ1) is 12.0. The molecule has 1 saturated heterocycles. The molecule has 4 rings (SSSR count). The second-order valence-corrected chi connectivity index (χ2v) is 6.54. The SMILES string of the molecule is Cc1noc2ncc(C(=O)N3C[C@@H](N(C)C)[C@@H](n4ccnn4)C3)cc12. The van der Waals surface area contributed by atoms with Gasteiger partial charge in [-0.25, -0.2) is 9.67 Å².